The smallest absolute Gasteiger partial charge is 0.167 e. The number of halogens is 1. The second-order valence-electron chi connectivity index (χ2n) is 2.38. The topological polar surface area (TPSA) is 57.5 Å². The SMILES string of the molecule is CC(=O)c1c(O)cc(F)cc1O. The largest absolute Gasteiger partial charge is 0.507 e. The van der Waals surface area contributed by atoms with E-state index in [1.54, 1.807) is 0 Å². The molecule has 0 radical (unpaired) electrons. The molecule has 12 heavy (non-hydrogen) atoms. The quantitative estimate of drug-likeness (QED) is 0.627. The molecule has 0 aliphatic rings. The number of ketones is 1. The normalized spacial score (nSPS) is 9.83. The van der Waals surface area contributed by atoms with Crippen molar-refractivity contribution >= 4 is 5.78 Å². The average molecular weight is 170 g/mol. The lowest BCUT2D eigenvalue weighted by Gasteiger charge is -2.02. The highest BCUT2D eigenvalue weighted by molar-refractivity contribution is 5.99. The van der Waals surface area contributed by atoms with Crippen LogP contribution in [-0.4, -0.2) is 16.0 Å². The zero-order valence-electron chi connectivity index (χ0n) is 6.34. The molecule has 1 aromatic rings. The van der Waals surface area contributed by atoms with Crippen molar-refractivity contribution in [2.45, 2.75) is 6.92 Å². The van der Waals surface area contributed by atoms with E-state index in [0.29, 0.717) is 0 Å². The molecule has 0 aliphatic heterocycles. The maximum Gasteiger partial charge on any atom is 0.167 e. The Morgan fingerprint density at radius 3 is 2.08 bits per heavy atom. The first-order valence-electron chi connectivity index (χ1n) is 3.25. The Morgan fingerprint density at radius 2 is 1.75 bits per heavy atom. The Bertz CT molecular complexity index is 310. The number of benzene rings is 1. The summed E-state index contributed by atoms with van der Waals surface area (Å²) in [7, 11) is 0. The van der Waals surface area contributed by atoms with Gasteiger partial charge in [-0.2, -0.15) is 0 Å². The predicted octanol–water partition coefficient (Wildman–Crippen LogP) is 1.44. The summed E-state index contributed by atoms with van der Waals surface area (Å²) in [4.78, 5) is 10.8. The van der Waals surface area contributed by atoms with E-state index in [4.69, 9.17) is 10.2 Å². The molecule has 3 nitrogen and oxygen atoms in total. The van der Waals surface area contributed by atoms with Gasteiger partial charge in [-0.1, -0.05) is 0 Å². The summed E-state index contributed by atoms with van der Waals surface area (Å²) in [5, 5.41) is 18.0. The highest BCUT2D eigenvalue weighted by Crippen LogP contribution is 2.28. The molecule has 0 bridgehead atoms. The lowest BCUT2D eigenvalue weighted by molar-refractivity contribution is 0.101. The maximum atomic E-state index is 12.4. The number of phenolic OH excluding ortho intramolecular Hbond substituents is 2. The molecule has 0 aromatic heterocycles. The highest BCUT2D eigenvalue weighted by atomic mass is 19.1. The van der Waals surface area contributed by atoms with E-state index < -0.39 is 23.1 Å². The molecule has 1 aromatic carbocycles. The second-order valence-corrected chi connectivity index (χ2v) is 2.38. The Kier molecular flexibility index (Phi) is 1.99. The maximum absolute atomic E-state index is 12.4. The first-order valence-corrected chi connectivity index (χ1v) is 3.25. The Balaban J connectivity index is 3.38. The van der Waals surface area contributed by atoms with Gasteiger partial charge in [-0.3, -0.25) is 4.79 Å². The molecule has 0 saturated carbocycles. The third-order valence-corrected chi connectivity index (χ3v) is 1.41. The van der Waals surface area contributed by atoms with Gasteiger partial charge in [0.05, 0.1) is 0 Å². The van der Waals surface area contributed by atoms with Crippen LogP contribution in [-0.2, 0) is 0 Å². The predicted molar refractivity (Wildman–Crippen MR) is 39.7 cm³/mol. The summed E-state index contributed by atoms with van der Waals surface area (Å²) < 4.78 is 12.4. The Labute approximate surface area is 68.1 Å². The van der Waals surface area contributed by atoms with Gasteiger partial charge in [0, 0.05) is 12.1 Å². The number of hydrogen-bond donors (Lipinski definition) is 2. The molecule has 64 valence electrons. The van der Waals surface area contributed by atoms with Crippen LogP contribution in [0.5, 0.6) is 11.5 Å². The van der Waals surface area contributed by atoms with E-state index in [1.807, 2.05) is 0 Å². The van der Waals surface area contributed by atoms with E-state index in [0.717, 1.165) is 12.1 Å². The molecule has 0 amide bonds. The molecule has 2 N–H and O–H groups in total. The van der Waals surface area contributed by atoms with Gasteiger partial charge < -0.3 is 10.2 Å². The number of Topliss-reactive ketones (excluding diaryl/α,β-unsaturated/α-hetero) is 1. The van der Waals surface area contributed by atoms with Crippen molar-refractivity contribution < 1.29 is 19.4 Å². The van der Waals surface area contributed by atoms with Gasteiger partial charge in [-0.15, -0.1) is 0 Å². The van der Waals surface area contributed by atoms with E-state index in [-0.39, 0.29) is 5.56 Å². The minimum absolute atomic E-state index is 0.253. The monoisotopic (exact) mass is 170 g/mol. The van der Waals surface area contributed by atoms with Gasteiger partial charge in [-0.25, -0.2) is 4.39 Å². The van der Waals surface area contributed by atoms with Gasteiger partial charge in [0.1, 0.15) is 22.9 Å². The number of hydrogen-bond acceptors (Lipinski definition) is 3. The highest BCUT2D eigenvalue weighted by Gasteiger charge is 2.13. The van der Waals surface area contributed by atoms with E-state index in [2.05, 4.69) is 0 Å². The molecular weight excluding hydrogens is 163 g/mol. The van der Waals surface area contributed by atoms with Crippen LogP contribution in [0.3, 0.4) is 0 Å². The first kappa shape index (κ1) is 8.52. The van der Waals surface area contributed by atoms with Crippen molar-refractivity contribution in [2.24, 2.45) is 0 Å². The van der Waals surface area contributed by atoms with Gasteiger partial charge >= 0.3 is 0 Å². The van der Waals surface area contributed by atoms with Crippen LogP contribution < -0.4 is 0 Å². The van der Waals surface area contributed by atoms with Crippen LogP contribution in [0, 0.1) is 5.82 Å². The summed E-state index contributed by atoms with van der Waals surface area (Å²) in [6, 6.07) is 1.55. The number of phenols is 2. The number of carbonyl (C=O) groups excluding carboxylic acids is 1. The van der Waals surface area contributed by atoms with Crippen LogP contribution in [0.4, 0.5) is 4.39 Å². The second kappa shape index (κ2) is 2.81. The van der Waals surface area contributed by atoms with Crippen molar-refractivity contribution in [3.8, 4) is 11.5 Å². The van der Waals surface area contributed by atoms with Crippen LogP contribution in [0.2, 0.25) is 0 Å². The molecule has 0 spiro atoms. The number of aromatic hydroxyl groups is 2. The fraction of sp³-hybridized carbons (Fsp3) is 0.125. The number of carbonyl (C=O) groups is 1. The summed E-state index contributed by atoms with van der Waals surface area (Å²) in [6.07, 6.45) is 0. The molecule has 0 unspecified atom stereocenters. The van der Waals surface area contributed by atoms with Crippen molar-refractivity contribution in [3.05, 3.63) is 23.5 Å². The van der Waals surface area contributed by atoms with Crippen molar-refractivity contribution in [1.29, 1.82) is 0 Å². The van der Waals surface area contributed by atoms with Gasteiger partial charge in [0.25, 0.3) is 0 Å². The standard InChI is InChI=1S/C8H7FO3/c1-4(10)8-6(11)2-5(9)3-7(8)12/h2-3,11-12H,1H3. The molecule has 0 fully saturated rings. The van der Waals surface area contributed by atoms with E-state index in [9.17, 15) is 9.18 Å². The molecular formula is C8H7FO3. The van der Waals surface area contributed by atoms with Crippen LogP contribution in [0.15, 0.2) is 12.1 Å². The molecule has 0 atom stereocenters. The molecule has 1 rings (SSSR count). The van der Waals surface area contributed by atoms with Crippen molar-refractivity contribution in [2.75, 3.05) is 0 Å². The Hall–Kier alpha value is -1.58. The van der Waals surface area contributed by atoms with Gasteiger partial charge in [-0.05, 0) is 6.92 Å². The van der Waals surface area contributed by atoms with Gasteiger partial charge in [0.15, 0.2) is 5.78 Å². The van der Waals surface area contributed by atoms with Crippen molar-refractivity contribution in [3.63, 3.8) is 0 Å². The minimum Gasteiger partial charge on any atom is -0.507 e. The van der Waals surface area contributed by atoms with Crippen LogP contribution in [0.25, 0.3) is 0 Å². The summed E-state index contributed by atoms with van der Waals surface area (Å²) in [5.41, 5.74) is -0.253. The fourth-order valence-corrected chi connectivity index (χ4v) is 0.939. The van der Waals surface area contributed by atoms with E-state index in [1.165, 1.54) is 6.92 Å². The first-order chi connectivity index (χ1) is 5.52. The zero-order valence-corrected chi connectivity index (χ0v) is 6.34. The molecule has 0 aliphatic carbocycles. The van der Waals surface area contributed by atoms with Crippen molar-refractivity contribution in [1.82, 2.24) is 0 Å². The number of rotatable bonds is 1. The Morgan fingerprint density at radius 1 is 1.33 bits per heavy atom. The summed E-state index contributed by atoms with van der Waals surface area (Å²) >= 11 is 0. The third kappa shape index (κ3) is 1.37. The van der Waals surface area contributed by atoms with Crippen LogP contribution in [0.1, 0.15) is 17.3 Å². The lowest BCUT2D eigenvalue weighted by Crippen LogP contribution is -1.94. The lowest BCUT2D eigenvalue weighted by atomic mass is 10.1. The average Bonchev–Trinajstić information content (AvgIpc) is 1.82. The van der Waals surface area contributed by atoms with E-state index >= 15 is 0 Å². The fourth-order valence-electron chi connectivity index (χ4n) is 0.939. The zero-order chi connectivity index (χ0) is 9.30. The minimum atomic E-state index is -0.782. The molecule has 0 saturated heterocycles. The van der Waals surface area contributed by atoms with Crippen LogP contribution >= 0.6 is 0 Å². The van der Waals surface area contributed by atoms with Gasteiger partial charge in [0.2, 0.25) is 0 Å². The summed E-state index contributed by atoms with van der Waals surface area (Å²) in [5.74, 6) is -2.37. The molecule has 4 heteroatoms. The third-order valence-electron chi connectivity index (χ3n) is 1.41. The molecule has 0 heterocycles. The summed E-state index contributed by atoms with van der Waals surface area (Å²) in [6.45, 7) is 1.17.